The quantitative estimate of drug-likeness (QED) is 0.202. The number of hydrogen-bond acceptors (Lipinski definition) is 4. The molecule has 0 aliphatic rings. The van der Waals surface area contributed by atoms with Gasteiger partial charge >= 0.3 is 0 Å². The summed E-state index contributed by atoms with van der Waals surface area (Å²) in [5.74, 6) is 1.11. The summed E-state index contributed by atoms with van der Waals surface area (Å²) in [6, 6.07) is 41.5. The highest BCUT2D eigenvalue weighted by Gasteiger charge is 2.25. The molecule has 0 aliphatic carbocycles. The molecule has 6 aromatic carbocycles. The van der Waals surface area contributed by atoms with Gasteiger partial charge in [0.05, 0.1) is 13.2 Å². The lowest BCUT2D eigenvalue weighted by Crippen LogP contribution is -2.09. The Morgan fingerprint density at radius 2 is 0.825 bits per heavy atom. The lowest BCUT2D eigenvalue weighted by molar-refractivity contribution is 0.179. The second-order valence-corrected chi connectivity index (χ2v) is 9.54. The van der Waals surface area contributed by atoms with Gasteiger partial charge in [-0.2, -0.15) is 0 Å². The zero-order chi connectivity index (χ0) is 27.3. The van der Waals surface area contributed by atoms with Crippen molar-refractivity contribution < 1.29 is 19.7 Å². The first-order valence-corrected chi connectivity index (χ1v) is 13.5. The third-order valence-electron chi connectivity index (χ3n) is 7.14. The first-order chi connectivity index (χ1) is 19.8. The standard InChI is InChI=1S/C36H30O4/c37-21-23-39-35-33(26-13-5-2-6-14-26)30-17-9-10-18-31(30)34(36(35)40-24-22-38)32-20-19-27(25-11-3-1-4-12-25)28-15-7-8-16-29(28)32/h1-20,37-38H,21-24H2. The molecule has 0 aliphatic heterocycles. The highest BCUT2D eigenvalue weighted by molar-refractivity contribution is 6.15. The molecule has 0 atom stereocenters. The van der Waals surface area contributed by atoms with Gasteiger partial charge in [0.25, 0.3) is 0 Å². The third kappa shape index (κ3) is 4.68. The number of hydrogen-bond donors (Lipinski definition) is 2. The van der Waals surface area contributed by atoms with E-state index in [0.717, 1.165) is 54.9 Å². The molecule has 0 fully saturated rings. The molecule has 0 saturated heterocycles. The number of aliphatic hydroxyl groups excluding tert-OH is 2. The molecular weight excluding hydrogens is 496 g/mol. The average molecular weight is 527 g/mol. The van der Waals surface area contributed by atoms with Crippen molar-refractivity contribution in [2.45, 2.75) is 0 Å². The maximum atomic E-state index is 9.78. The summed E-state index contributed by atoms with van der Waals surface area (Å²) >= 11 is 0. The van der Waals surface area contributed by atoms with Crippen molar-refractivity contribution in [3.05, 3.63) is 121 Å². The fraction of sp³-hybridized carbons (Fsp3) is 0.111. The van der Waals surface area contributed by atoms with Gasteiger partial charge in [-0.05, 0) is 43.8 Å². The zero-order valence-electron chi connectivity index (χ0n) is 22.1. The molecule has 2 N–H and O–H groups in total. The predicted octanol–water partition coefficient (Wildman–Crippen LogP) is 7.74. The van der Waals surface area contributed by atoms with E-state index < -0.39 is 0 Å². The fourth-order valence-electron chi connectivity index (χ4n) is 5.51. The average Bonchev–Trinajstić information content (AvgIpc) is 3.02. The van der Waals surface area contributed by atoms with E-state index in [0.29, 0.717) is 11.5 Å². The summed E-state index contributed by atoms with van der Waals surface area (Å²) in [7, 11) is 0. The monoisotopic (exact) mass is 526 g/mol. The second kappa shape index (κ2) is 11.6. The summed E-state index contributed by atoms with van der Waals surface area (Å²) in [5, 5.41) is 23.8. The van der Waals surface area contributed by atoms with E-state index in [9.17, 15) is 10.2 Å². The molecule has 0 unspecified atom stereocenters. The number of ether oxygens (including phenoxy) is 2. The minimum Gasteiger partial charge on any atom is -0.487 e. The Morgan fingerprint density at radius 3 is 1.40 bits per heavy atom. The van der Waals surface area contributed by atoms with Gasteiger partial charge in [-0.1, -0.05) is 121 Å². The maximum absolute atomic E-state index is 9.78. The van der Waals surface area contributed by atoms with Gasteiger partial charge in [0.2, 0.25) is 0 Å². The Bertz CT molecular complexity index is 1760. The van der Waals surface area contributed by atoms with Crippen LogP contribution in [-0.4, -0.2) is 36.6 Å². The van der Waals surface area contributed by atoms with Crippen LogP contribution in [0.4, 0.5) is 0 Å². The van der Waals surface area contributed by atoms with Crippen LogP contribution < -0.4 is 9.47 Å². The molecular formula is C36H30O4. The van der Waals surface area contributed by atoms with E-state index in [-0.39, 0.29) is 26.4 Å². The minimum absolute atomic E-state index is 0.106. The van der Waals surface area contributed by atoms with Gasteiger partial charge in [-0.15, -0.1) is 0 Å². The summed E-state index contributed by atoms with van der Waals surface area (Å²) in [4.78, 5) is 0. The Labute approximate surface area is 233 Å². The van der Waals surface area contributed by atoms with Crippen LogP contribution in [0, 0.1) is 0 Å². The molecule has 4 heteroatoms. The Kier molecular flexibility index (Phi) is 7.45. The van der Waals surface area contributed by atoms with Crippen molar-refractivity contribution in [3.63, 3.8) is 0 Å². The molecule has 4 nitrogen and oxygen atoms in total. The van der Waals surface area contributed by atoms with Gasteiger partial charge in [0.15, 0.2) is 11.5 Å². The Morgan fingerprint density at radius 1 is 0.400 bits per heavy atom. The number of aliphatic hydroxyl groups is 2. The lowest BCUT2D eigenvalue weighted by atomic mass is 9.86. The summed E-state index contributed by atoms with van der Waals surface area (Å²) in [6.07, 6.45) is 0. The fourth-order valence-corrected chi connectivity index (χ4v) is 5.51. The van der Waals surface area contributed by atoms with Gasteiger partial charge < -0.3 is 19.7 Å². The van der Waals surface area contributed by atoms with Crippen LogP contribution in [-0.2, 0) is 0 Å². The Balaban J connectivity index is 1.73. The van der Waals surface area contributed by atoms with E-state index in [2.05, 4.69) is 72.8 Å². The van der Waals surface area contributed by atoms with E-state index >= 15 is 0 Å². The van der Waals surface area contributed by atoms with Crippen LogP contribution in [0.1, 0.15) is 0 Å². The Hall–Kier alpha value is -4.64. The highest BCUT2D eigenvalue weighted by Crippen LogP contribution is 2.52. The molecule has 0 amide bonds. The van der Waals surface area contributed by atoms with Crippen LogP contribution in [0.25, 0.3) is 54.9 Å². The van der Waals surface area contributed by atoms with Crippen LogP contribution in [0.15, 0.2) is 121 Å². The van der Waals surface area contributed by atoms with E-state index in [1.54, 1.807) is 0 Å². The molecule has 40 heavy (non-hydrogen) atoms. The van der Waals surface area contributed by atoms with E-state index in [1.807, 2.05) is 48.5 Å². The summed E-state index contributed by atoms with van der Waals surface area (Å²) in [6.45, 7) is -0.0551. The predicted molar refractivity (Wildman–Crippen MR) is 163 cm³/mol. The van der Waals surface area contributed by atoms with Gasteiger partial charge in [0, 0.05) is 11.1 Å². The largest absolute Gasteiger partial charge is 0.487 e. The van der Waals surface area contributed by atoms with E-state index in [1.165, 1.54) is 0 Å². The van der Waals surface area contributed by atoms with Crippen molar-refractivity contribution in [1.82, 2.24) is 0 Å². The molecule has 198 valence electrons. The molecule has 0 saturated carbocycles. The molecule has 6 rings (SSSR count). The van der Waals surface area contributed by atoms with Crippen molar-refractivity contribution in [2.24, 2.45) is 0 Å². The SMILES string of the molecule is OCCOc1c(OCCO)c(-c2ccc(-c3ccccc3)c3ccccc23)c2ccccc2c1-c1ccccc1. The first-order valence-electron chi connectivity index (χ1n) is 13.5. The zero-order valence-corrected chi connectivity index (χ0v) is 22.1. The number of benzene rings is 6. The van der Waals surface area contributed by atoms with Crippen molar-refractivity contribution in [1.29, 1.82) is 0 Å². The van der Waals surface area contributed by atoms with Crippen LogP contribution in [0.2, 0.25) is 0 Å². The van der Waals surface area contributed by atoms with Crippen molar-refractivity contribution >= 4 is 21.5 Å². The molecule has 0 bridgehead atoms. The summed E-state index contributed by atoms with van der Waals surface area (Å²) in [5.41, 5.74) is 6.08. The summed E-state index contributed by atoms with van der Waals surface area (Å²) < 4.78 is 12.6. The normalized spacial score (nSPS) is 11.2. The topological polar surface area (TPSA) is 58.9 Å². The van der Waals surface area contributed by atoms with Crippen molar-refractivity contribution in [3.8, 4) is 44.9 Å². The van der Waals surface area contributed by atoms with Crippen LogP contribution in [0.5, 0.6) is 11.5 Å². The maximum Gasteiger partial charge on any atom is 0.170 e. The highest BCUT2D eigenvalue weighted by atomic mass is 16.5. The van der Waals surface area contributed by atoms with Gasteiger partial charge in [-0.3, -0.25) is 0 Å². The smallest absolute Gasteiger partial charge is 0.170 e. The minimum atomic E-state index is -0.139. The molecule has 6 aromatic rings. The molecule has 0 spiro atoms. The number of rotatable bonds is 9. The van der Waals surface area contributed by atoms with Crippen LogP contribution in [0.3, 0.4) is 0 Å². The van der Waals surface area contributed by atoms with Gasteiger partial charge in [0.1, 0.15) is 13.2 Å². The van der Waals surface area contributed by atoms with Crippen LogP contribution >= 0.6 is 0 Å². The van der Waals surface area contributed by atoms with Gasteiger partial charge in [-0.25, -0.2) is 0 Å². The number of fused-ring (bicyclic) bond motifs is 2. The molecule has 0 heterocycles. The lowest BCUT2D eigenvalue weighted by Gasteiger charge is -2.24. The molecule has 0 aromatic heterocycles. The first kappa shape index (κ1) is 25.6. The third-order valence-corrected chi connectivity index (χ3v) is 7.14. The molecule has 0 radical (unpaired) electrons. The second-order valence-electron chi connectivity index (χ2n) is 9.54. The van der Waals surface area contributed by atoms with E-state index in [4.69, 9.17) is 9.47 Å². The van der Waals surface area contributed by atoms with Crippen molar-refractivity contribution in [2.75, 3.05) is 26.4 Å².